The Hall–Kier alpha value is -0.823. The predicted octanol–water partition coefficient (Wildman–Crippen LogP) is 4.64. The molecule has 0 atom stereocenters. The molecule has 0 aliphatic carbocycles. The highest BCUT2D eigenvalue weighted by atomic mass is 35.8. The van der Waals surface area contributed by atoms with Gasteiger partial charge in [0.1, 0.15) is 6.61 Å². The van der Waals surface area contributed by atoms with Crippen LogP contribution in [-0.4, -0.2) is 16.9 Å². The SMILES string of the molecule is CCCc1cccc([N+](=O)[O-])c1COC(=O)CC[Si](Cl)(Cl)Cl. The van der Waals surface area contributed by atoms with Gasteiger partial charge in [-0.2, -0.15) is 0 Å². The molecule has 1 rings (SSSR count). The van der Waals surface area contributed by atoms with E-state index in [1.807, 2.05) is 6.92 Å². The largest absolute Gasteiger partial charge is 0.461 e. The van der Waals surface area contributed by atoms with Crippen LogP contribution in [0.4, 0.5) is 5.69 Å². The van der Waals surface area contributed by atoms with Crippen LogP contribution < -0.4 is 0 Å². The van der Waals surface area contributed by atoms with Crippen LogP contribution in [-0.2, 0) is 22.6 Å². The zero-order chi connectivity index (χ0) is 16.8. The van der Waals surface area contributed by atoms with E-state index in [1.54, 1.807) is 12.1 Å². The molecule has 0 saturated heterocycles. The van der Waals surface area contributed by atoms with Gasteiger partial charge >= 0.3 is 12.0 Å². The lowest BCUT2D eigenvalue weighted by Gasteiger charge is -2.11. The maximum Gasteiger partial charge on any atom is 0.341 e. The smallest absolute Gasteiger partial charge is 0.341 e. The second kappa shape index (κ2) is 8.72. The van der Waals surface area contributed by atoms with Crippen molar-refractivity contribution in [1.29, 1.82) is 0 Å². The molecule has 0 saturated carbocycles. The van der Waals surface area contributed by atoms with Crippen LogP contribution in [0.25, 0.3) is 0 Å². The number of nitro groups is 1. The molecule has 1 aromatic carbocycles. The average Bonchev–Trinajstić information content (AvgIpc) is 2.43. The molecule has 0 spiro atoms. The highest BCUT2D eigenvalue weighted by molar-refractivity contribution is 7.64. The van der Waals surface area contributed by atoms with Crippen LogP contribution in [0.15, 0.2) is 18.2 Å². The molecule has 22 heavy (non-hydrogen) atoms. The lowest BCUT2D eigenvalue weighted by molar-refractivity contribution is -0.385. The Bertz CT molecular complexity index is 549. The average molecular weight is 385 g/mol. The first-order chi connectivity index (χ1) is 10.2. The molecule has 0 unspecified atom stereocenters. The number of ether oxygens (including phenoxy) is 1. The standard InChI is InChI=1S/C13H16Cl3NO4Si/c1-2-4-10-5-3-6-12(17(19)20)11(10)9-21-13(18)7-8-22(14,15)16/h3,5-6H,2,4,7-9H2,1H3. The van der Waals surface area contributed by atoms with Gasteiger partial charge in [0, 0.05) is 12.5 Å². The van der Waals surface area contributed by atoms with E-state index in [0.29, 0.717) is 12.0 Å². The van der Waals surface area contributed by atoms with Gasteiger partial charge in [-0.3, -0.25) is 14.9 Å². The van der Waals surface area contributed by atoms with E-state index < -0.39 is 16.9 Å². The number of benzene rings is 1. The highest BCUT2D eigenvalue weighted by Gasteiger charge is 2.26. The normalized spacial score (nSPS) is 11.3. The van der Waals surface area contributed by atoms with Crippen molar-refractivity contribution in [2.75, 3.05) is 0 Å². The summed E-state index contributed by atoms with van der Waals surface area (Å²) in [4.78, 5) is 22.3. The number of hydrogen-bond donors (Lipinski definition) is 0. The van der Waals surface area contributed by atoms with Gasteiger partial charge in [-0.1, -0.05) is 25.5 Å². The first kappa shape index (κ1) is 19.2. The lowest BCUT2D eigenvalue weighted by Crippen LogP contribution is -2.14. The van der Waals surface area contributed by atoms with Crippen LogP contribution in [0, 0.1) is 10.1 Å². The number of nitro benzene ring substituents is 1. The fraction of sp³-hybridized carbons (Fsp3) is 0.462. The van der Waals surface area contributed by atoms with E-state index in [0.717, 1.165) is 12.0 Å². The fourth-order valence-electron chi connectivity index (χ4n) is 1.93. The number of nitrogens with zero attached hydrogens (tertiary/aromatic N) is 1. The third-order valence-corrected chi connectivity index (χ3v) is 5.47. The van der Waals surface area contributed by atoms with E-state index >= 15 is 0 Å². The van der Waals surface area contributed by atoms with E-state index in [9.17, 15) is 14.9 Å². The van der Waals surface area contributed by atoms with Crippen molar-refractivity contribution in [3.63, 3.8) is 0 Å². The van der Waals surface area contributed by atoms with Gasteiger partial charge in [-0.05, 0) is 18.0 Å². The van der Waals surface area contributed by atoms with Crippen molar-refractivity contribution in [3.05, 3.63) is 39.4 Å². The fourth-order valence-corrected chi connectivity index (χ4v) is 3.27. The van der Waals surface area contributed by atoms with Crippen LogP contribution >= 0.6 is 33.2 Å². The molecule has 0 aliphatic rings. The van der Waals surface area contributed by atoms with Crippen molar-refractivity contribution < 1.29 is 14.5 Å². The highest BCUT2D eigenvalue weighted by Crippen LogP contribution is 2.27. The van der Waals surface area contributed by atoms with Crippen molar-refractivity contribution >= 4 is 50.9 Å². The minimum Gasteiger partial charge on any atom is -0.461 e. The van der Waals surface area contributed by atoms with E-state index in [2.05, 4.69) is 0 Å². The summed E-state index contributed by atoms with van der Waals surface area (Å²) in [6, 6.07) is 2.12. The minimum absolute atomic E-state index is 0.00748. The van der Waals surface area contributed by atoms with Gasteiger partial charge in [0.15, 0.2) is 0 Å². The third-order valence-electron chi connectivity index (χ3n) is 2.95. The number of rotatable bonds is 8. The third kappa shape index (κ3) is 6.52. The molecule has 0 N–H and O–H groups in total. The quantitative estimate of drug-likeness (QED) is 0.215. The van der Waals surface area contributed by atoms with Crippen molar-refractivity contribution in [3.8, 4) is 0 Å². The first-order valence-corrected chi connectivity index (χ1v) is 12.0. The van der Waals surface area contributed by atoms with Gasteiger partial charge in [0.25, 0.3) is 5.69 Å². The van der Waals surface area contributed by atoms with Crippen molar-refractivity contribution in [2.45, 2.75) is 38.8 Å². The monoisotopic (exact) mass is 383 g/mol. The Morgan fingerprint density at radius 1 is 1.36 bits per heavy atom. The Balaban J connectivity index is 2.79. The Morgan fingerprint density at radius 2 is 2.05 bits per heavy atom. The summed E-state index contributed by atoms with van der Waals surface area (Å²) in [6.07, 6.45) is 1.50. The van der Waals surface area contributed by atoms with E-state index in [1.165, 1.54) is 6.07 Å². The first-order valence-electron chi connectivity index (χ1n) is 6.72. The van der Waals surface area contributed by atoms with Crippen LogP contribution in [0.1, 0.15) is 30.9 Å². The van der Waals surface area contributed by atoms with Crippen molar-refractivity contribution in [1.82, 2.24) is 0 Å². The van der Waals surface area contributed by atoms with Crippen LogP contribution in [0.3, 0.4) is 0 Å². The zero-order valence-electron chi connectivity index (χ0n) is 12.0. The van der Waals surface area contributed by atoms with Gasteiger partial charge < -0.3 is 4.74 Å². The van der Waals surface area contributed by atoms with E-state index in [-0.39, 0.29) is 24.8 Å². The molecule has 122 valence electrons. The zero-order valence-corrected chi connectivity index (χ0v) is 15.2. The Morgan fingerprint density at radius 3 is 2.59 bits per heavy atom. The summed E-state index contributed by atoms with van der Waals surface area (Å²) in [5.74, 6) is -0.528. The summed E-state index contributed by atoms with van der Waals surface area (Å²) in [6.45, 7) is 1.83. The van der Waals surface area contributed by atoms with Gasteiger partial charge in [0.05, 0.1) is 10.5 Å². The number of carbonyl (C=O) groups excluding carboxylic acids is 1. The summed E-state index contributed by atoms with van der Waals surface area (Å²) < 4.78 is 5.10. The maximum absolute atomic E-state index is 11.7. The van der Waals surface area contributed by atoms with E-state index in [4.69, 9.17) is 38.0 Å². The second-order valence-corrected chi connectivity index (χ2v) is 14.0. The second-order valence-electron chi connectivity index (χ2n) is 4.70. The van der Waals surface area contributed by atoms with Crippen LogP contribution in [0.5, 0.6) is 0 Å². The van der Waals surface area contributed by atoms with Gasteiger partial charge in [-0.25, -0.2) is 0 Å². The molecule has 0 aromatic heterocycles. The molecule has 0 bridgehead atoms. The number of halogens is 3. The number of aryl methyl sites for hydroxylation is 1. The van der Waals surface area contributed by atoms with Crippen LogP contribution in [0.2, 0.25) is 6.04 Å². The molecule has 0 fully saturated rings. The van der Waals surface area contributed by atoms with Gasteiger partial charge in [-0.15, -0.1) is 33.2 Å². The summed E-state index contributed by atoms with van der Waals surface area (Å²) in [5, 5.41) is 11.1. The van der Waals surface area contributed by atoms with Crippen molar-refractivity contribution in [2.24, 2.45) is 0 Å². The molecular weight excluding hydrogens is 369 g/mol. The number of hydrogen-bond acceptors (Lipinski definition) is 4. The topological polar surface area (TPSA) is 69.4 Å². The molecule has 0 heterocycles. The predicted molar refractivity (Wildman–Crippen MR) is 89.6 cm³/mol. The summed E-state index contributed by atoms with van der Waals surface area (Å²) >= 11 is 17.1. The minimum atomic E-state index is -2.87. The summed E-state index contributed by atoms with van der Waals surface area (Å²) in [5.41, 5.74) is 1.18. The molecule has 0 amide bonds. The summed E-state index contributed by atoms with van der Waals surface area (Å²) in [7, 11) is 0. The lowest BCUT2D eigenvalue weighted by atomic mass is 10.0. The molecule has 9 heteroatoms. The molecular formula is C13H16Cl3NO4Si. The molecule has 1 aromatic rings. The van der Waals surface area contributed by atoms with Gasteiger partial charge in [0.2, 0.25) is 0 Å². The molecule has 5 nitrogen and oxygen atoms in total. The molecule has 0 aliphatic heterocycles. The number of carbonyl (C=O) groups is 1. The Kier molecular flexibility index (Phi) is 7.62. The number of esters is 1. The molecule has 0 radical (unpaired) electrons. The maximum atomic E-state index is 11.7. The Labute approximate surface area is 143 Å².